The second-order valence-corrected chi connectivity index (χ2v) is 13.8. The van der Waals surface area contributed by atoms with Gasteiger partial charge in [0.1, 0.15) is 6.61 Å². The smallest absolute Gasteiger partial charge is 0.337 e. The highest BCUT2D eigenvalue weighted by atomic mass is 16.6. The number of amides is 1. The van der Waals surface area contributed by atoms with Gasteiger partial charge in [0.2, 0.25) is 0 Å². The lowest BCUT2D eigenvalue weighted by molar-refractivity contribution is 0.00262. The number of carboxylic acid groups (broad SMARTS) is 1. The number of nitrogens with zero attached hydrogens (tertiary/aromatic N) is 4. The normalized spacial score (nSPS) is 19.2. The maximum atomic E-state index is 15.1. The summed E-state index contributed by atoms with van der Waals surface area (Å²) in [4.78, 5) is 34.3. The quantitative estimate of drug-likeness (QED) is 0.217. The van der Waals surface area contributed by atoms with Crippen molar-refractivity contribution in [3.8, 4) is 17.2 Å². The highest BCUT2D eigenvalue weighted by Crippen LogP contribution is 2.39. The molecule has 1 N–H and O–H groups in total. The maximum absolute atomic E-state index is 15.1. The van der Waals surface area contributed by atoms with Crippen LogP contribution in [-0.2, 0) is 24.3 Å². The van der Waals surface area contributed by atoms with Crippen molar-refractivity contribution in [2.75, 3.05) is 53.0 Å². The number of carbonyl (C=O) groups is 2. The average Bonchev–Trinajstić information content (AvgIpc) is 3.55. The fourth-order valence-electron chi connectivity index (χ4n) is 7.51. The molecule has 3 aliphatic rings. The number of likely N-dealkylation sites (N-methyl/N-ethyl adjacent to an activating group) is 1. The van der Waals surface area contributed by atoms with Crippen LogP contribution < -0.4 is 9.47 Å². The molecule has 8 rings (SSSR count). The number of carbonyl (C=O) groups excluding carboxylic acids is 1. The second kappa shape index (κ2) is 14.2. The fraction of sp³-hybridized carbons (Fsp3) is 0.317. The molecule has 10 nitrogen and oxygen atoms in total. The first-order chi connectivity index (χ1) is 24.9. The molecule has 0 spiro atoms. The molecule has 5 aromatic rings. The minimum absolute atomic E-state index is 0.0491. The van der Waals surface area contributed by atoms with E-state index in [4.69, 9.17) is 14.2 Å². The van der Waals surface area contributed by atoms with Crippen LogP contribution in [0.25, 0.3) is 16.6 Å². The summed E-state index contributed by atoms with van der Waals surface area (Å²) in [6.07, 6.45) is 1.99. The Balaban J connectivity index is 1.17. The Hall–Kier alpha value is -5.16. The number of carboxylic acids is 1. The lowest BCUT2D eigenvalue weighted by atomic mass is 9.92. The number of para-hydroxylation sites is 1. The van der Waals surface area contributed by atoms with Crippen molar-refractivity contribution in [2.45, 2.75) is 31.7 Å². The van der Waals surface area contributed by atoms with E-state index >= 15 is 4.79 Å². The Morgan fingerprint density at radius 1 is 0.863 bits per heavy atom. The van der Waals surface area contributed by atoms with Crippen molar-refractivity contribution in [3.63, 3.8) is 0 Å². The number of rotatable bonds is 9. The molecule has 0 aliphatic carbocycles. The summed E-state index contributed by atoms with van der Waals surface area (Å²) in [5.41, 5.74) is 5.28. The highest BCUT2D eigenvalue weighted by molar-refractivity contribution is 6.05. The summed E-state index contributed by atoms with van der Waals surface area (Å²) in [7, 11) is 2.15. The van der Waals surface area contributed by atoms with Gasteiger partial charge < -0.3 is 33.7 Å². The van der Waals surface area contributed by atoms with E-state index in [-0.39, 0.29) is 30.2 Å². The zero-order valence-corrected chi connectivity index (χ0v) is 28.7. The van der Waals surface area contributed by atoms with E-state index < -0.39 is 5.97 Å². The van der Waals surface area contributed by atoms with Crippen molar-refractivity contribution in [1.29, 1.82) is 0 Å². The van der Waals surface area contributed by atoms with Gasteiger partial charge in [-0.05, 0) is 42.3 Å². The Kier molecular flexibility index (Phi) is 9.21. The molecule has 0 bridgehead atoms. The predicted molar refractivity (Wildman–Crippen MR) is 194 cm³/mol. The molecular formula is C41H42N4O6. The second-order valence-electron chi connectivity index (χ2n) is 13.8. The van der Waals surface area contributed by atoms with E-state index in [1.54, 1.807) is 22.9 Å². The molecule has 4 aromatic carbocycles. The molecule has 1 amide bonds. The van der Waals surface area contributed by atoms with Crippen LogP contribution in [0.3, 0.4) is 0 Å². The number of ether oxygens (including phenoxy) is 3. The van der Waals surface area contributed by atoms with Gasteiger partial charge in [0.25, 0.3) is 5.91 Å². The van der Waals surface area contributed by atoms with Gasteiger partial charge in [0.15, 0.2) is 17.6 Å². The van der Waals surface area contributed by atoms with Crippen LogP contribution in [0.4, 0.5) is 0 Å². The van der Waals surface area contributed by atoms with E-state index in [0.717, 1.165) is 50.3 Å². The molecule has 0 saturated carbocycles. The molecule has 51 heavy (non-hydrogen) atoms. The minimum atomic E-state index is -1.03. The van der Waals surface area contributed by atoms with Crippen LogP contribution in [0.15, 0.2) is 97.2 Å². The molecular weight excluding hydrogens is 644 g/mol. The van der Waals surface area contributed by atoms with Gasteiger partial charge in [0.05, 0.1) is 35.5 Å². The van der Waals surface area contributed by atoms with Crippen LogP contribution in [0.5, 0.6) is 11.5 Å². The van der Waals surface area contributed by atoms with Crippen LogP contribution >= 0.6 is 0 Å². The zero-order valence-electron chi connectivity index (χ0n) is 28.7. The third-order valence-corrected chi connectivity index (χ3v) is 10.3. The monoisotopic (exact) mass is 686 g/mol. The first-order valence-corrected chi connectivity index (χ1v) is 17.6. The molecule has 0 unspecified atom stereocenters. The van der Waals surface area contributed by atoms with E-state index in [9.17, 15) is 9.90 Å². The first-order valence-electron chi connectivity index (χ1n) is 17.6. The molecule has 1 aromatic heterocycles. The molecule has 2 atom stereocenters. The lowest BCUT2D eigenvalue weighted by Crippen LogP contribution is -2.53. The van der Waals surface area contributed by atoms with Gasteiger partial charge in [0, 0.05) is 63.0 Å². The summed E-state index contributed by atoms with van der Waals surface area (Å²) in [6.45, 7) is 6.18. The van der Waals surface area contributed by atoms with Crippen molar-refractivity contribution in [2.24, 2.45) is 0 Å². The van der Waals surface area contributed by atoms with Crippen LogP contribution in [0.2, 0.25) is 0 Å². The number of benzene rings is 4. The lowest BCUT2D eigenvalue weighted by Gasteiger charge is -2.42. The van der Waals surface area contributed by atoms with Gasteiger partial charge in [-0.2, -0.15) is 0 Å². The van der Waals surface area contributed by atoms with Crippen LogP contribution in [0.1, 0.15) is 37.4 Å². The number of piperazine rings is 1. The van der Waals surface area contributed by atoms with Crippen molar-refractivity contribution in [3.05, 3.63) is 125 Å². The van der Waals surface area contributed by atoms with Crippen molar-refractivity contribution in [1.82, 2.24) is 19.3 Å². The number of aromatic carboxylic acids is 1. The van der Waals surface area contributed by atoms with E-state index in [0.29, 0.717) is 53.4 Å². The largest absolute Gasteiger partial charge is 0.486 e. The number of fused-ring (bicyclic) bond motifs is 3. The Labute approximate surface area is 297 Å². The molecule has 262 valence electrons. The molecule has 4 heterocycles. The topological polar surface area (TPSA) is 96.7 Å². The number of hydrogen-bond donors (Lipinski definition) is 1. The minimum Gasteiger partial charge on any atom is -0.486 e. The van der Waals surface area contributed by atoms with E-state index in [1.165, 1.54) is 5.56 Å². The summed E-state index contributed by atoms with van der Waals surface area (Å²) in [5.74, 6) is -0.214. The maximum Gasteiger partial charge on any atom is 0.337 e. The summed E-state index contributed by atoms with van der Waals surface area (Å²) in [6, 6.07) is 29.2. The van der Waals surface area contributed by atoms with Crippen LogP contribution in [-0.4, -0.2) is 101 Å². The number of hydrogen-bond acceptors (Lipinski definition) is 7. The van der Waals surface area contributed by atoms with E-state index in [1.807, 2.05) is 65.6 Å². The van der Waals surface area contributed by atoms with Gasteiger partial charge >= 0.3 is 5.97 Å². The standard InChI is InChI=1S/C41H42N4O6/c1-42-15-17-43(18-16-42)23-31-19-29-11-5-6-12-30(29)22-44(31)40(46)34-20-39-38(50-27-32(51-39)26-49-25-28-9-3-2-4-10-28)21-37(34)45-24-35(41(47)48)33-13-7-8-14-36(33)45/h2-14,20-21,24,31-32H,15-19,22-23,25-27H2,1H3,(H,47,48)/t31-,32-/m0/s1. The first kappa shape index (κ1) is 33.0. The Bertz CT molecular complexity index is 2050. The predicted octanol–water partition coefficient (Wildman–Crippen LogP) is 5.50. The fourth-order valence-corrected chi connectivity index (χ4v) is 7.51. The van der Waals surface area contributed by atoms with E-state index in [2.05, 4.69) is 35.0 Å². The van der Waals surface area contributed by atoms with Gasteiger partial charge in [-0.1, -0.05) is 72.8 Å². The van der Waals surface area contributed by atoms with Gasteiger partial charge in [-0.15, -0.1) is 0 Å². The third-order valence-electron chi connectivity index (χ3n) is 10.3. The zero-order chi connectivity index (χ0) is 34.9. The molecule has 0 radical (unpaired) electrons. The highest BCUT2D eigenvalue weighted by Gasteiger charge is 2.35. The third kappa shape index (κ3) is 6.82. The van der Waals surface area contributed by atoms with Crippen LogP contribution in [0, 0.1) is 0 Å². The Morgan fingerprint density at radius 3 is 2.41 bits per heavy atom. The van der Waals surface area contributed by atoms with Crippen molar-refractivity contribution < 1.29 is 28.9 Å². The average molecular weight is 687 g/mol. The molecule has 10 heteroatoms. The van der Waals surface area contributed by atoms with Crippen molar-refractivity contribution >= 4 is 22.8 Å². The summed E-state index contributed by atoms with van der Waals surface area (Å²) in [5, 5.41) is 10.7. The van der Waals surface area contributed by atoms with Gasteiger partial charge in [-0.3, -0.25) is 9.69 Å². The SMILES string of the molecule is CN1CCN(C[C@@H]2Cc3ccccc3CN2C(=O)c2cc3c(cc2-n2cc(C(=O)O)c4ccccc42)OC[C@H](COCc2ccccc2)O3)CC1. The summed E-state index contributed by atoms with van der Waals surface area (Å²) < 4.78 is 20.5. The molecule has 1 saturated heterocycles. The molecule has 1 fully saturated rings. The molecule has 3 aliphatic heterocycles. The number of aromatic nitrogens is 1. The van der Waals surface area contributed by atoms with Gasteiger partial charge in [-0.25, -0.2) is 4.79 Å². The Morgan fingerprint density at radius 2 is 1.61 bits per heavy atom. The summed E-state index contributed by atoms with van der Waals surface area (Å²) >= 11 is 0.